The van der Waals surface area contributed by atoms with E-state index in [1.807, 2.05) is 0 Å². The number of benzene rings is 1. The zero-order valence-electron chi connectivity index (χ0n) is 9.05. The molecule has 0 aliphatic carbocycles. The fraction of sp³-hybridized carbons (Fsp3) is 0.400. The number of halogens is 4. The molecule has 0 spiro atoms. The Kier molecular flexibility index (Phi) is 8.50. The molecular formula is C10H14I4Te2. The van der Waals surface area contributed by atoms with E-state index < -0.39 is 20.6 Å². The Balaban J connectivity index is 2.79. The van der Waals surface area contributed by atoms with Crippen molar-refractivity contribution in [1.29, 1.82) is 0 Å². The molecule has 1 rings (SSSR count). The Hall–Kier alpha value is 3.72. The van der Waals surface area contributed by atoms with E-state index in [2.05, 4.69) is 109 Å². The Morgan fingerprint density at radius 1 is 0.875 bits per heavy atom. The van der Waals surface area contributed by atoms with Gasteiger partial charge in [-0.2, -0.15) is 0 Å². The van der Waals surface area contributed by atoms with Gasteiger partial charge in [-0.15, -0.1) is 0 Å². The Morgan fingerprint density at radius 2 is 1.25 bits per heavy atom. The van der Waals surface area contributed by atoms with Gasteiger partial charge in [0.15, 0.2) is 0 Å². The summed E-state index contributed by atoms with van der Waals surface area (Å²) >= 11 is 10.8. The van der Waals surface area contributed by atoms with Gasteiger partial charge in [0, 0.05) is 0 Å². The standard InChI is InChI=1S/C10H14I4Te2/c1-15(11,12)7-9-4-3-5-10(6-9)8-16(2,13)14/h3-6H,7-8H2,1-2H3. The van der Waals surface area contributed by atoms with E-state index in [-0.39, 0.29) is 0 Å². The number of hydrogen-bond acceptors (Lipinski definition) is 0. The second kappa shape index (κ2) is 7.65. The predicted molar refractivity (Wildman–Crippen MR) is 113 cm³/mol. The molecule has 0 radical (unpaired) electrons. The fourth-order valence-electron chi connectivity index (χ4n) is 1.39. The van der Waals surface area contributed by atoms with Crippen LogP contribution in [0.5, 0.6) is 0 Å². The topological polar surface area (TPSA) is 0 Å². The van der Waals surface area contributed by atoms with Crippen molar-refractivity contribution in [2.45, 2.75) is 18.9 Å². The van der Waals surface area contributed by atoms with Crippen LogP contribution >= 0.6 is 74.8 Å². The van der Waals surface area contributed by atoms with Gasteiger partial charge >= 0.3 is 150 Å². The van der Waals surface area contributed by atoms with Gasteiger partial charge in [0.1, 0.15) is 0 Å². The SMILES string of the molecule is C[Te](I)(I)Cc1cccc(C[Te](C)(I)I)c1. The normalized spacial score (nSPS) is 14.9. The fourth-order valence-corrected chi connectivity index (χ4v) is 15.4. The molecule has 0 fully saturated rings. The van der Waals surface area contributed by atoms with Gasteiger partial charge in [-0.3, -0.25) is 0 Å². The van der Waals surface area contributed by atoms with Crippen molar-refractivity contribution in [2.24, 2.45) is 0 Å². The maximum atomic E-state index is 2.71. The molecule has 0 aromatic heterocycles. The van der Waals surface area contributed by atoms with E-state index in [9.17, 15) is 0 Å². The first-order valence-corrected chi connectivity index (χ1v) is 39.7. The second-order valence-electron chi connectivity index (χ2n) is 3.86. The summed E-state index contributed by atoms with van der Waals surface area (Å²) in [5.41, 5.74) is 3.12. The summed E-state index contributed by atoms with van der Waals surface area (Å²) in [6, 6.07) is 9.29. The third-order valence-electron chi connectivity index (χ3n) is 1.83. The summed E-state index contributed by atoms with van der Waals surface area (Å²) in [6.45, 7) is 0. The molecule has 0 amide bonds. The van der Waals surface area contributed by atoms with Crippen LogP contribution in [0.2, 0.25) is 9.94 Å². The minimum absolute atomic E-state index is 1.34. The van der Waals surface area contributed by atoms with E-state index in [1.54, 1.807) is 11.1 Å². The van der Waals surface area contributed by atoms with Crippen LogP contribution in [0.25, 0.3) is 0 Å². The Morgan fingerprint density at radius 3 is 1.56 bits per heavy atom. The second-order valence-corrected chi connectivity index (χ2v) is 90.3. The minimum atomic E-state index is -1.53. The molecule has 0 aliphatic rings. The van der Waals surface area contributed by atoms with Crippen LogP contribution in [0.4, 0.5) is 0 Å². The van der Waals surface area contributed by atoms with Crippen LogP contribution in [0.15, 0.2) is 24.3 Å². The van der Waals surface area contributed by atoms with Gasteiger partial charge in [-0.25, -0.2) is 0 Å². The first-order chi connectivity index (χ1) is 7.16. The summed E-state index contributed by atoms with van der Waals surface area (Å²) in [4.78, 5) is 4.93. The molecule has 0 aliphatic heterocycles. The van der Waals surface area contributed by atoms with Crippen LogP contribution in [0.3, 0.4) is 0 Å². The van der Waals surface area contributed by atoms with Crippen LogP contribution < -0.4 is 0 Å². The maximum absolute atomic E-state index is 2.71. The zero-order valence-corrected chi connectivity index (χ0v) is 22.3. The first kappa shape index (κ1) is 17.8. The van der Waals surface area contributed by atoms with Crippen LogP contribution in [0, 0.1) is 0 Å². The molecule has 1 aromatic carbocycles. The molecule has 6 heteroatoms. The van der Waals surface area contributed by atoms with Crippen LogP contribution in [0.1, 0.15) is 11.1 Å². The Labute approximate surface area is 145 Å². The van der Waals surface area contributed by atoms with Crippen molar-refractivity contribution in [2.75, 3.05) is 0 Å². The predicted octanol–water partition coefficient (Wildman–Crippen LogP) is 5.73. The van der Waals surface area contributed by atoms with Crippen LogP contribution in [-0.4, -0.2) is 20.6 Å². The Bertz CT molecular complexity index is 323. The van der Waals surface area contributed by atoms with E-state index >= 15 is 0 Å². The molecule has 0 unspecified atom stereocenters. The summed E-state index contributed by atoms with van der Waals surface area (Å²) in [5.74, 6) is 0. The van der Waals surface area contributed by atoms with Crippen molar-refractivity contribution in [1.82, 2.24) is 0 Å². The van der Waals surface area contributed by atoms with Crippen molar-refractivity contribution >= 4 is 95.4 Å². The van der Waals surface area contributed by atoms with Gasteiger partial charge in [0.05, 0.1) is 0 Å². The van der Waals surface area contributed by atoms with Gasteiger partial charge in [0.25, 0.3) is 0 Å². The number of rotatable bonds is 4. The van der Waals surface area contributed by atoms with E-state index in [1.165, 1.54) is 8.94 Å². The molecular weight excluding hydrogens is 883 g/mol. The molecule has 1 aromatic rings. The molecule has 0 nitrogen and oxygen atoms in total. The monoisotopic (exact) mass is 902 g/mol. The van der Waals surface area contributed by atoms with E-state index in [4.69, 9.17) is 0 Å². The summed E-state index contributed by atoms with van der Waals surface area (Å²) < 4.78 is 2.67. The van der Waals surface area contributed by atoms with Crippen molar-refractivity contribution < 1.29 is 0 Å². The molecule has 94 valence electrons. The van der Waals surface area contributed by atoms with Crippen molar-refractivity contribution in [3.63, 3.8) is 0 Å². The molecule has 0 saturated carbocycles. The third-order valence-corrected chi connectivity index (χ3v) is 15.0. The average molecular weight is 897 g/mol. The molecule has 0 bridgehead atoms. The third kappa shape index (κ3) is 8.80. The molecule has 0 N–H and O–H groups in total. The summed E-state index contributed by atoms with van der Waals surface area (Å²) in [5, 5.41) is 0. The molecule has 0 atom stereocenters. The van der Waals surface area contributed by atoms with Gasteiger partial charge < -0.3 is 0 Å². The summed E-state index contributed by atoms with van der Waals surface area (Å²) in [6.07, 6.45) is 0. The van der Waals surface area contributed by atoms with Gasteiger partial charge in [-0.05, 0) is 0 Å². The van der Waals surface area contributed by atoms with Gasteiger partial charge in [0.2, 0.25) is 0 Å². The molecule has 16 heavy (non-hydrogen) atoms. The zero-order chi connectivity index (χ0) is 12.4. The van der Waals surface area contributed by atoms with E-state index in [0.29, 0.717) is 0 Å². The van der Waals surface area contributed by atoms with Crippen molar-refractivity contribution in [3.8, 4) is 0 Å². The summed E-state index contributed by atoms with van der Waals surface area (Å²) in [7, 11) is -3.05. The van der Waals surface area contributed by atoms with Gasteiger partial charge in [-0.1, -0.05) is 0 Å². The van der Waals surface area contributed by atoms with Crippen LogP contribution in [-0.2, 0) is 8.94 Å². The average Bonchev–Trinajstić information content (AvgIpc) is 1.96. The first-order valence-electron chi connectivity index (χ1n) is 4.54. The number of hydrogen-bond donors (Lipinski definition) is 0. The van der Waals surface area contributed by atoms with Crippen molar-refractivity contribution in [3.05, 3.63) is 35.4 Å². The molecule has 0 saturated heterocycles. The molecule has 0 heterocycles. The quantitative estimate of drug-likeness (QED) is 0.268. The van der Waals surface area contributed by atoms with E-state index in [0.717, 1.165) is 0 Å².